The van der Waals surface area contributed by atoms with E-state index in [1.165, 1.54) is 0 Å². The number of nitrogens with two attached hydrogens (primary N) is 1. The first-order chi connectivity index (χ1) is 8.96. The first kappa shape index (κ1) is 16.0. The monoisotopic (exact) mass is 266 g/mol. The minimum Gasteiger partial charge on any atom is -0.494 e. The molecule has 4 heteroatoms. The zero-order chi connectivity index (χ0) is 14.3. The van der Waals surface area contributed by atoms with Gasteiger partial charge in [0, 0.05) is 0 Å². The Bertz CT molecular complexity index is 357. The molecule has 0 aliphatic heterocycles. The van der Waals surface area contributed by atoms with Gasteiger partial charge in [-0.25, -0.2) is 0 Å². The molecule has 0 fully saturated rings. The molecule has 1 rings (SSSR count). The zero-order valence-corrected chi connectivity index (χ0v) is 12.4. The molecule has 0 spiro atoms. The van der Waals surface area contributed by atoms with Gasteiger partial charge in [-0.3, -0.25) is 11.3 Å². The van der Waals surface area contributed by atoms with Crippen molar-refractivity contribution in [3.05, 3.63) is 29.8 Å². The van der Waals surface area contributed by atoms with Crippen LogP contribution in [0.15, 0.2) is 24.3 Å². The summed E-state index contributed by atoms with van der Waals surface area (Å²) < 4.78 is 11.3. The van der Waals surface area contributed by atoms with Gasteiger partial charge in [-0.05, 0) is 44.9 Å². The van der Waals surface area contributed by atoms with E-state index in [1.54, 1.807) is 0 Å². The zero-order valence-electron chi connectivity index (χ0n) is 12.4. The summed E-state index contributed by atoms with van der Waals surface area (Å²) in [5.41, 5.74) is 3.71. The van der Waals surface area contributed by atoms with Gasteiger partial charge in [0.2, 0.25) is 0 Å². The molecular weight excluding hydrogens is 240 g/mol. The van der Waals surface area contributed by atoms with Crippen molar-refractivity contribution in [3.63, 3.8) is 0 Å². The number of hydrogen-bond acceptors (Lipinski definition) is 4. The normalized spacial score (nSPS) is 13.3. The number of hydrazine groups is 1. The Kier molecular flexibility index (Phi) is 6.28. The number of nitrogens with one attached hydrogen (secondary N) is 1. The van der Waals surface area contributed by atoms with Crippen molar-refractivity contribution in [3.8, 4) is 5.75 Å². The maximum atomic E-state index is 5.76. The second kappa shape index (κ2) is 7.48. The molecule has 1 unspecified atom stereocenters. The molecule has 0 amide bonds. The molecule has 0 aliphatic rings. The van der Waals surface area contributed by atoms with Crippen LogP contribution in [0.25, 0.3) is 0 Å². The largest absolute Gasteiger partial charge is 0.494 e. The highest BCUT2D eigenvalue weighted by Gasteiger charge is 2.16. The van der Waals surface area contributed by atoms with Gasteiger partial charge < -0.3 is 9.47 Å². The van der Waals surface area contributed by atoms with Crippen LogP contribution in [0.2, 0.25) is 0 Å². The molecule has 0 aromatic heterocycles. The molecule has 0 radical (unpaired) electrons. The van der Waals surface area contributed by atoms with Crippen molar-refractivity contribution in [1.82, 2.24) is 5.43 Å². The smallest absolute Gasteiger partial charge is 0.119 e. The van der Waals surface area contributed by atoms with Crippen molar-refractivity contribution in [2.75, 3.05) is 13.2 Å². The minimum absolute atomic E-state index is 0.0144. The van der Waals surface area contributed by atoms with E-state index in [9.17, 15) is 0 Å². The summed E-state index contributed by atoms with van der Waals surface area (Å²) in [6.45, 7) is 9.46. The lowest BCUT2D eigenvalue weighted by Gasteiger charge is -2.24. The summed E-state index contributed by atoms with van der Waals surface area (Å²) in [4.78, 5) is 0. The van der Waals surface area contributed by atoms with Gasteiger partial charge in [-0.1, -0.05) is 19.1 Å². The predicted octanol–water partition coefficient (Wildman–Crippen LogP) is 2.79. The van der Waals surface area contributed by atoms with Crippen LogP contribution in [-0.2, 0) is 4.74 Å². The lowest BCUT2D eigenvalue weighted by Crippen LogP contribution is -2.34. The Labute approximate surface area is 116 Å². The van der Waals surface area contributed by atoms with E-state index in [1.807, 2.05) is 45.0 Å². The maximum Gasteiger partial charge on any atom is 0.119 e. The highest BCUT2D eigenvalue weighted by Crippen LogP contribution is 2.19. The van der Waals surface area contributed by atoms with Gasteiger partial charge in [0.25, 0.3) is 0 Å². The number of rotatable bonds is 7. The van der Waals surface area contributed by atoms with E-state index < -0.39 is 0 Å². The van der Waals surface area contributed by atoms with Crippen LogP contribution in [0.3, 0.4) is 0 Å². The van der Waals surface area contributed by atoms with Crippen LogP contribution < -0.4 is 16.0 Å². The molecule has 108 valence electrons. The third-order valence-electron chi connectivity index (χ3n) is 2.64. The summed E-state index contributed by atoms with van der Waals surface area (Å²) >= 11 is 0. The summed E-state index contributed by atoms with van der Waals surface area (Å²) in [5, 5.41) is 0. The van der Waals surface area contributed by atoms with Crippen molar-refractivity contribution in [1.29, 1.82) is 0 Å². The first-order valence-corrected chi connectivity index (χ1v) is 6.79. The molecular formula is C15H26N2O2. The Morgan fingerprint density at radius 2 is 1.84 bits per heavy atom. The topological polar surface area (TPSA) is 56.5 Å². The van der Waals surface area contributed by atoms with Crippen molar-refractivity contribution < 1.29 is 9.47 Å². The predicted molar refractivity (Wildman–Crippen MR) is 78.0 cm³/mol. The molecule has 0 saturated heterocycles. The van der Waals surface area contributed by atoms with E-state index in [2.05, 4.69) is 12.3 Å². The Morgan fingerprint density at radius 3 is 2.32 bits per heavy atom. The van der Waals surface area contributed by atoms with Crippen molar-refractivity contribution in [2.24, 2.45) is 5.84 Å². The molecule has 19 heavy (non-hydrogen) atoms. The van der Waals surface area contributed by atoms with E-state index in [-0.39, 0.29) is 11.6 Å². The SMILES string of the molecule is CCCOc1ccc(C(COC(C)(C)C)NN)cc1. The fraction of sp³-hybridized carbons (Fsp3) is 0.600. The molecule has 0 saturated carbocycles. The highest BCUT2D eigenvalue weighted by molar-refractivity contribution is 5.29. The third-order valence-corrected chi connectivity index (χ3v) is 2.64. The van der Waals surface area contributed by atoms with E-state index in [0.717, 1.165) is 24.3 Å². The van der Waals surface area contributed by atoms with Crippen LogP contribution in [-0.4, -0.2) is 18.8 Å². The van der Waals surface area contributed by atoms with Gasteiger partial charge >= 0.3 is 0 Å². The third kappa shape index (κ3) is 6.05. The van der Waals surface area contributed by atoms with E-state index >= 15 is 0 Å². The van der Waals surface area contributed by atoms with Crippen LogP contribution in [0.5, 0.6) is 5.75 Å². The molecule has 0 aliphatic carbocycles. The van der Waals surface area contributed by atoms with Gasteiger partial charge in [0.1, 0.15) is 5.75 Å². The molecule has 0 bridgehead atoms. The van der Waals surface area contributed by atoms with Gasteiger partial charge in [-0.15, -0.1) is 0 Å². The highest BCUT2D eigenvalue weighted by atomic mass is 16.5. The summed E-state index contributed by atoms with van der Waals surface area (Å²) in [6.07, 6.45) is 1.01. The van der Waals surface area contributed by atoms with Crippen LogP contribution in [0.4, 0.5) is 0 Å². The molecule has 4 nitrogen and oxygen atoms in total. The summed E-state index contributed by atoms with van der Waals surface area (Å²) in [5.74, 6) is 6.48. The van der Waals surface area contributed by atoms with E-state index in [0.29, 0.717) is 6.61 Å². The fourth-order valence-electron chi connectivity index (χ4n) is 1.59. The Hall–Kier alpha value is -1.10. The molecule has 3 N–H and O–H groups in total. The fourth-order valence-corrected chi connectivity index (χ4v) is 1.59. The standard InChI is InChI=1S/C15H26N2O2/c1-5-10-18-13-8-6-12(7-9-13)14(17-16)11-19-15(2,3)4/h6-9,14,17H,5,10-11,16H2,1-4H3. The second-order valence-electron chi connectivity index (χ2n) is 5.56. The molecule has 0 heterocycles. The average molecular weight is 266 g/mol. The van der Waals surface area contributed by atoms with Gasteiger partial charge in [0.15, 0.2) is 0 Å². The van der Waals surface area contributed by atoms with Crippen LogP contribution in [0.1, 0.15) is 45.7 Å². The first-order valence-electron chi connectivity index (χ1n) is 6.79. The average Bonchev–Trinajstić information content (AvgIpc) is 2.37. The number of ether oxygens (including phenoxy) is 2. The van der Waals surface area contributed by atoms with Crippen LogP contribution >= 0.6 is 0 Å². The Morgan fingerprint density at radius 1 is 1.21 bits per heavy atom. The summed E-state index contributed by atoms with van der Waals surface area (Å²) in [6, 6.07) is 7.95. The number of hydrogen-bond donors (Lipinski definition) is 2. The number of benzene rings is 1. The lowest BCUT2D eigenvalue weighted by molar-refractivity contribution is -0.0148. The maximum absolute atomic E-state index is 5.76. The van der Waals surface area contributed by atoms with E-state index in [4.69, 9.17) is 15.3 Å². The van der Waals surface area contributed by atoms with Crippen LogP contribution in [0, 0.1) is 0 Å². The van der Waals surface area contributed by atoms with Gasteiger partial charge in [-0.2, -0.15) is 0 Å². The van der Waals surface area contributed by atoms with Crippen molar-refractivity contribution >= 4 is 0 Å². The molecule has 1 aromatic carbocycles. The quantitative estimate of drug-likeness (QED) is 0.588. The van der Waals surface area contributed by atoms with Gasteiger partial charge in [0.05, 0.1) is 24.9 Å². The lowest BCUT2D eigenvalue weighted by atomic mass is 10.1. The minimum atomic E-state index is -0.167. The molecule has 1 aromatic rings. The van der Waals surface area contributed by atoms with Crippen molar-refractivity contribution in [2.45, 2.75) is 45.8 Å². The molecule has 1 atom stereocenters. The summed E-state index contributed by atoms with van der Waals surface area (Å²) in [7, 11) is 0. The second-order valence-corrected chi connectivity index (χ2v) is 5.56. The Balaban J connectivity index is 2.60.